The predicted molar refractivity (Wildman–Crippen MR) is 63.1 cm³/mol. The van der Waals surface area contributed by atoms with E-state index >= 15 is 0 Å². The molecule has 0 heterocycles. The van der Waals surface area contributed by atoms with E-state index in [0.29, 0.717) is 0 Å². The zero-order valence-corrected chi connectivity index (χ0v) is 9.30. The number of hydrogen-bond donors (Lipinski definition) is 0. The number of allylic oxidation sites excluding steroid dienone is 4. The van der Waals surface area contributed by atoms with Gasteiger partial charge in [-0.15, -0.1) is 0 Å². The highest BCUT2D eigenvalue weighted by molar-refractivity contribution is 4.82. The fourth-order valence-electron chi connectivity index (χ4n) is 1.79. The van der Waals surface area contributed by atoms with Crippen molar-refractivity contribution in [3.63, 3.8) is 0 Å². The normalized spacial score (nSPS) is 26.3. The van der Waals surface area contributed by atoms with Crippen molar-refractivity contribution in [2.24, 2.45) is 0 Å². The van der Waals surface area contributed by atoms with E-state index in [1.807, 2.05) is 0 Å². The van der Waals surface area contributed by atoms with Gasteiger partial charge in [-0.1, -0.05) is 31.1 Å². The minimum atomic E-state index is 1.16. The Balaban J connectivity index is 2.16. The van der Waals surface area contributed by atoms with Crippen LogP contribution in [0.1, 0.15) is 64.2 Å². The number of hydrogen-bond acceptors (Lipinski definition) is 0. The van der Waals surface area contributed by atoms with Crippen LogP contribution in [-0.2, 0) is 0 Å². The Morgan fingerprint density at radius 1 is 0.643 bits per heavy atom. The van der Waals surface area contributed by atoms with Crippen molar-refractivity contribution in [2.45, 2.75) is 64.2 Å². The predicted octanol–water partition coefficient (Wildman–Crippen LogP) is 4.82. The highest BCUT2D eigenvalue weighted by Crippen LogP contribution is 2.09. The van der Waals surface area contributed by atoms with Crippen molar-refractivity contribution in [1.82, 2.24) is 0 Å². The molecular weight excluding hydrogens is 168 g/mol. The van der Waals surface area contributed by atoms with Crippen molar-refractivity contribution < 1.29 is 0 Å². The van der Waals surface area contributed by atoms with Crippen LogP contribution in [0.5, 0.6) is 0 Å². The van der Waals surface area contributed by atoms with E-state index in [0.717, 1.165) is 6.42 Å². The summed E-state index contributed by atoms with van der Waals surface area (Å²) in [5.41, 5.74) is 0. The molecule has 0 nitrogen and oxygen atoms in total. The van der Waals surface area contributed by atoms with Crippen LogP contribution in [0.3, 0.4) is 0 Å². The molecule has 0 spiro atoms. The average Bonchev–Trinajstić information content (AvgIpc) is 2.22. The molecule has 0 aliphatic heterocycles. The zero-order chi connectivity index (χ0) is 9.90. The minimum absolute atomic E-state index is 1.16. The Kier molecular flexibility index (Phi) is 7.47. The highest BCUT2D eigenvalue weighted by Gasteiger charge is 1.89. The molecule has 0 bridgehead atoms. The summed E-state index contributed by atoms with van der Waals surface area (Å²) in [6.45, 7) is 0. The molecule has 0 aromatic carbocycles. The average molecular weight is 191 g/mol. The van der Waals surface area contributed by atoms with Gasteiger partial charge in [-0.05, 0) is 57.4 Å². The topological polar surface area (TPSA) is 0 Å². The summed E-state index contributed by atoms with van der Waals surface area (Å²) in [5.74, 6) is 0. The SMILES string of the molecule is [C]1=C/CCCCCC/C=C/CCCC/1. The van der Waals surface area contributed by atoms with E-state index in [9.17, 15) is 0 Å². The second kappa shape index (κ2) is 9.05. The summed E-state index contributed by atoms with van der Waals surface area (Å²) in [5, 5.41) is 0. The molecule has 0 atom stereocenters. The van der Waals surface area contributed by atoms with Gasteiger partial charge < -0.3 is 0 Å². The van der Waals surface area contributed by atoms with Gasteiger partial charge in [0.2, 0.25) is 0 Å². The van der Waals surface area contributed by atoms with Gasteiger partial charge in [-0.2, -0.15) is 0 Å². The third-order valence-electron chi connectivity index (χ3n) is 2.72. The molecule has 14 heavy (non-hydrogen) atoms. The van der Waals surface area contributed by atoms with Gasteiger partial charge in [0.15, 0.2) is 0 Å². The maximum Gasteiger partial charge on any atom is -0.0279 e. The minimum Gasteiger partial charge on any atom is -0.0885 e. The van der Waals surface area contributed by atoms with Gasteiger partial charge in [0.05, 0.1) is 0 Å². The molecule has 0 aromatic rings. The van der Waals surface area contributed by atoms with Crippen molar-refractivity contribution >= 4 is 0 Å². The van der Waals surface area contributed by atoms with Gasteiger partial charge in [0.25, 0.3) is 0 Å². The van der Waals surface area contributed by atoms with Crippen molar-refractivity contribution in [3.8, 4) is 0 Å². The zero-order valence-electron chi connectivity index (χ0n) is 9.30. The Morgan fingerprint density at radius 3 is 2.07 bits per heavy atom. The molecule has 0 unspecified atom stereocenters. The van der Waals surface area contributed by atoms with Crippen LogP contribution in [0, 0.1) is 6.08 Å². The quantitative estimate of drug-likeness (QED) is 0.482. The molecule has 1 rings (SSSR count). The first-order valence-electron chi connectivity index (χ1n) is 6.20. The molecule has 0 N–H and O–H groups in total. The fraction of sp³-hybridized carbons (Fsp3) is 0.714. The van der Waals surface area contributed by atoms with E-state index in [1.54, 1.807) is 0 Å². The Labute approximate surface area is 89.1 Å². The Bertz CT molecular complexity index is 145. The van der Waals surface area contributed by atoms with Crippen LogP contribution in [-0.4, -0.2) is 0 Å². The number of rotatable bonds is 0. The van der Waals surface area contributed by atoms with Crippen LogP contribution in [0.2, 0.25) is 0 Å². The molecule has 1 aliphatic rings. The largest absolute Gasteiger partial charge is 0.0885 e. The van der Waals surface area contributed by atoms with Crippen molar-refractivity contribution in [1.29, 1.82) is 0 Å². The molecule has 0 fully saturated rings. The molecular formula is C14H23. The molecule has 0 amide bonds. The van der Waals surface area contributed by atoms with Gasteiger partial charge in [-0.25, -0.2) is 0 Å². The Morgan fingerprint density at radius 2 is 1.29 bits per heavy atom. The fourth-order valence-corrected chi connectivity index (χ4v) is 1.79. The van der Waals surface area contributed by atoms with E-state index < -0.39 is 0 Å². The summed E-state index contributed by atoms with van der Waals surface area (Å²) in [6, 6.07) is 0. The van der Waals surface area contributed by atoms with Crippen LogP contribution in [0.15, 0.2) is 18.2 Å². The first kappa shape index (κ1) is 11.6. The standard InChI is InChI=1S/C14H23/c1-2-4-6-8-10-12-14-13-11-9-7-5-3-1/h1-2,14H,3-11,13H2/b2-1+,14-12?. The van der Waals surface area contributed by atoms with E-state index in [-0.39, 0.29) is 0 Å². The smallest absolute Gasteiger partial charge is 0.0279 e. The van der Waals surface area contributed by atoms with Gasteiger partial charge in [0, 0.05) is 0 Å². The van der Waals surface area contributed by atoms with Crippen LogP contribution in [0.25, 0.3) is 0 Å². The summed E-state index contributed by atoms with van der Waals surface area (Å²) >= 11 is 0. The summed E-state index contributed by atoms with van der Waals surface area (Å²) in [7, 11) is 0. The molecule has 1 radical (unpaired) electrons. The second-order valence-electron chi connectivity index (χ2n) is 4.12. The molecule has 0 saturated carbocycles. The summed E-state index contributed by atoms with van der Waals surface area (Å²) in [6.07, 6.45) is 23.5. The first-order chi connectivity index (χ1) is 7.00. The molecule has 0 aromatic heterocycles. The molecule has 0 heteroatoms. The van der Waals surface area contributed by atoms with E-state index in [1.165, 1.54) is 57.8 Å². The first-order valence-corrected chi connectivity index (χ1v) is 6.20. The van der Waals surface area contributed by atoms with Crippen LogP contribution >= 0.6 is 0 Å². The highest BCUT2D eigenvalue weighted by atomic mass is 14.0. The lowest BCUT2D eigenvalue weighted by Crippen LogP contribution is -1.79. The molecule has 0 saturated heterocycles. The maximum atomic E-state index is 3.39. The van der Waals surface area contributed by atoms with Crippen molar-refractivity contribution in [3.05, 3.63) is 24.3 Å². The lowest BCUT2D eigenvalue weighted by Gasteiger charge is -1.98. The lowest BCUT2D eigenvalue weighted by atomic mass is 10.1. The van der Waals surface area contributed by atoms with Gasteiger partial charge >= 0.3 is 0 Å². The lowest BCUT2D eigenvalue weighted by molar-refractivity contribution is 0.647. The summed E-state index contributed by atoms with van der Waals surface area (Å²) in [4.78, 5) is 0. The van der Waals surface area contributed by atoms with E-state index in [4.69, 9.17) is 0 Å². The van der Waals surface area contributed by atoms with E-state index in [2.05, 4.69) is 24.3 Å². The third-order valence-corrected chi connectivity index (χ3v) is 2.72. The molecule has 79 valence electrons. The Hall–Kier alpha value is -0.520. The monoisotopic (exact) mass is 191 g/mol. The molecule has 1 aliphatic carbocycles. The van der Waals surface area contributed by atoms with Crippen LogP contribution < -0.4 is 0 Å². The van der Waals surface area contributed by atoms with Crippen molar-refractivity contribution in [2.75, 3.05) is 0 Å². The summed E-state index contributed by atoms with van der Waals surface area (Å²) < 4.78 is 0. The van der Waals surface area contributed by atoms with Crippen LogP contribution in [0.4, 0.5) is 0 Å². The third kappa shape index (κ3) is 6.94. The van der Waals surface area contributed by atoms with Gasteiger partial charge in [-0.3, -0.25) is 0 Å². The maximum absolute atomic E-state index is 3.39. The van der Waals surface area contributed by atoms with Gasteiger partial charge in [0.1, 0.15) is 0 Å². The second-order valence-corrected chi connectivity index (χ2v) is 4.12.